The lowest BCUT2D eigenvalue weighted by Crippen LogP contribution is -2.20. The molecule has 4 aromatic rings. The van der Waals surface area contributed by atoms with Crippen LogP contribution in [0, 0.1) is 6.92 Å². The summed E-state index contributed by atoms with van der Waals surface area (Å²) in [7, 11) is 0. The van der Waals surface area contributed by atoms with Crippen LogP contribution < -0.4 is 5.32 Å². The predicted molar refractivity (Wildman–Crippen MR) is 103 cm³/mol. The number of hydrogen-bond acceptors (Lipinski definition) is 6. The Morgan fingerprint density at radius 2 is 2.13 bits per heavy atom. The number of carbonyl (C=O) groups excluding carboxylic acids is 1. The van der Waals surface area contributed by atoms with Crippen molar-refractivity contribution in [3.63, 3.8) is 0 Å². The number of fused-ring (bicyclic) bond motifs is 1. The van der Waals surface area contributed by atoms with Crippen molar-refractivity contribution in [2.24, 2.45) is 0 Å². The first kappa shape index (κ1) is 19.6. The van der Waals surface area contributed by atoms with Crippen LogP contribution in [0.1, 0.15) is 21.9 Å². The van der Waals surface area contributed by atoms with Gasteiger partial charge in [0.2, 0.25) is 11.7 Å². The smallest absolute Gasteiger partial charge is 0.274 e. The van der Waals surface area contributed by atoms with Gasteiger partial charge in [0, 0.05) is 17.4 Å². The van der Waals surface area contributed by atoms with Crippen LogP contribution in [0.3, 0.4) is 0 Å². The van der Waals surface area contributed by atoms with Gasteiger partial charge in [-0.2, -0.15) is 4.98 Å². The molecule has 0 spiro atoms. The number of pyridine rings is 1. The molecule has 0 aliphatic carbocycles. The first-order chi connectivity index (χ1) is 14.4. The van der Waals surface area contributed by atoms with Crippen molar-refractivity contribution in [3.8, 4) is 11.4 Å². The largest absolute Gasteiger partial charge is 0.387 e. The highest BCUT2D eigenvalue weighted by Crippen LogP contribution is 2.24. The molecule has 1 amide bonds. The van der Waals surface area contributed by atoms with Crippen molar-refractivity contribution in [1.29, 1.82) is 0 Å². The van der Waals surface area contributed by atoms with Crippen molar-refractivity contribution in [1.82, 2.24) is 19.5 Å². The Kier molecular flexibility index (Phi) is 5.23. The molecule has 0 saturated carbocycles. The third-order valence-corrected chi connectivity index (χ3v) is 4.54. The highest BCUT2D eigenvalue weighted by atomic mass is 19.3. The monoisotopic (exact) mass is 413 g/mol. The molecule has 0 fully saturated rings. The molecule has 10 heteroatoms. The minimum absolute atomic E-state index is 0.102. The average Bonchev–Trinajstić information content (AvgIpc) is 3.36. The molecule has 154 valence electrons. The van der Waals surface area contributed by atoms with Gasteiger partial charge in [0.1, 0.15) is 17.4 Å². The van der Waals surface area contributed by atoms with E-state index >= 15 is 0 Å². The fraction of sp³-hybridized carbons (Fsp3) is 0.200. The zero-order chi connectivity index (χ0) is 21.3. The quantitative estimate of drug-likeness (QED) is 0.503. The number of aromatic nitrogens is 4. The van der Waals surface area contributed by atoms with Crippen molar-refractivity contribution >= 4 is 17.2 Å². The molecular formula is C20H17F2N5O3. The molecule has 1 aromatic carbocycles. The van der Waals surface area contributed by atoms with E-state index in [4.69, 9.17) is 4.52 Å². The Morgan fingerprint density at radius 3 is 2.93 bits per heavy atom. The summed E-state index contributed by atoms with van der Waals surface area (Å²) in [5.41, 5.74) is 2.88. The summed E-state index contributed by atoms with van der Waals surface area (Å²) in [5, 5.41) is 15.9. The number of hydrogen-bond donors (Lipinski definition) is 2. The Balaban J connectivity index is 1.57. The van der Waals surface area contributed by atoms with Crippen LogP contribution in [-0.2, 0) is 6.42 Å². The van der Waals surface area contributed by atoms with Gasteiger partial charge >= 0.3 is 0 Å². The van der Waals surface area contributed by atoms with Crippen LogP contribution in [0.2, 0.25) is 0 Å². The fourth-order valence-electron chi connectivity index (χ4n) is 2.91. The number of aliphatic hydroxyl groups excluding tert-OH is 1. The number of anilines is 1. The first-order valence-corrected chi connectivity index (χ1v) is 9.05. The maximum atomic E-state index is 12.8. The van der Waals surface area contributed by atoms with E-state index in [2.05, 4.69) is 20.4 Å². The Morgan fingerprint density at radius 1 is 1.30 bits per heavy atom. The minimum atomic E-state index is -2.90. The number of aliphatic hydroxyl groups is 1. The number of rotatable bonds is 6. The third-order valence-electron chi connectivity index (χ3n) is 4.54. The van der Waals surface area contributed by atoms with E-state index < -0.39 is 19.0 Å². The van der Waals surface area contributed by atoms with Gasteiger partial charge in [0.05, 0.1) is 12.6 Å². The number of aryl methyl sites for hydroxylation is 1. The number of amides is 1. The maximum Gasteiger partial charge on any atom is 0.274 e. The molecule has 0 bridgehead atoms. The summed E-state index contributed by atoms with van der Waals surface area (Å²) in [6.07, 6.45) is -1.99. The highest BCUT2D eigenvalue weighted by molar-refractivity contribution is 6.04. The molecule has 1 atom stereocenters. The highest BCUT2D eigenvalue weighted by Gasteiger charge is 2.21. The number of benzene rings is 1. The predicted octanol–water partition coefficient (Wildman–Crippen LogP) is 3.11. The molecule has 0 aliphatic heterocycles. The van der Waals surface area contributed by atoms with Gasteiger partial charge in [-0.1, -0.05) is 23.4 Å². The third kappa shape index (κ3) is 3.90. The summed E-state index contributed by atoms with van der Waals surface area (Å²) < 4.78 is 31.6. The van der Waals surface area contributed by atoms with Crippen LogP contribution in [0.25, 0.3) is 17.0 Å². The number of nitrogens with one attached hydrogen (secondary N) is 1. The molecular weight excluding hydrogens is 396 g/mol. The minimum Gasteiger partial charge on any atom is -0.387 e. The van der Waals surface area contributed by atoms with Gasteiger partial charge < -0.3 is 14.9 Å². The summed E-state index contributed by atoms with van der Waals surface area (Å²) >= 11 is 0. The molecule has 2 N–H and O–H groups in total. The van der Waals surface area contributed by atoms with Gasteiger partial charge in [-0.25, -0.2) is 13.8 Å². The number of carbonyl (C=O) groups is 1. The van der Waals surface area contributed by atoms with E-state index in [0.717, 1.165) is 5.56 Å². The zero-order valence-corrected chi connectivity index (χ0v) is 15.8. The maximum absolute atomic E-state index is 12.8. The second-order valence-corrected chi connectivity index (χ2v) is 6.67. The van der Waals surface area contributed by atoms with Gasteiger partial charge in [-0.3, -0.25) is 9.20 Å². The van der Waals surface area contributed by atoms with Crippen molar-refractivity contribution in [3.05, 3.63) is 65.9 Å². The standard InChI is InChI=1S/C20H17F2N5O3/c1-11-5-6-12(19-25-17(30-26-19)9-15(28)18(21)22)8-13(11)24-20(29)14-10-23-16-4-2-3-7-27(14)16/h2-8,10,15,18,28H,9H2,1H3,(H,24,29)/t15-/m1/s1. The lowest BCUT2D eigenvalue weighted by molar-refractivity contribution is -0.00754. The van der Waals surface area contributed by atoms with E-state index in [-0.39, 0.29) is 17.6 Å². The number of alkyl halides is 2. The van der Waals surface area contributed by atoms with Crippen molar-refractivity contribution < 1.29 is 23.2 Å². The topological polar surface area (TPSA) is 106 Å². The van der Waals surface area contributed by atoms with Crippen LogP contribution in [0.5, 0.6) is 0 Å². The van der Waals surface area contributed by atoms with Crippen molar-refractivity contribution in [2.45, 2.75) is 25.9 Å². The number of halogens is 2. The zero-order valence-electron chi connectivity index (χ0n) is 15.8. The molecule has 0 unspecified atom stereocenters. The van der Waals surface area contributed by atoms with Crippen LogP contribution in [0.4, 0.5) is 14.5 Å². The van der Waals surface area contributed by atoms with Crippen LogP contribution in [0.15, 0.2) is 53.3 Å². The van der Waals surface area contributed by atoms with Crippen LogP contribution >= 0.6 is 0 Å². The molecule has 4 rings (SSSR count). The first-order valence-electron chi connectivity index (χ1n) is 9.05. The molecule has 3 heterocycles. The second kappa shape index (κ2) is 7.99. The van der Waals surface area contributed by atoms with Crippen LogP contribution in [-0.4, -0.2) is 43.1 Å². The Labute approximate surface area is 169 Å². The molecule has 0 saturated heterocycles. The SMILES string of the molecule is Cc1ccc(-c2noc(C[C@@H](O)C(F)F)n2)cc1NC(=O)c1cnc2ccccn12. The summed E-state index contributed by atoms with van der Waals surface area (Å²) in [6.45, 7) is 1.83. The summed E-state index contributed by atoms with van der Waals surface area (Å²) in [4.78, 5) is 21.0. The molecule has 0 aliphatic rings. The molecule has 30 heavy (non-hydrogen) atoms. The van der Waals surface area contributed by atoms with E-state index in [1.807, 2.05) is 13.0 Å². The lowest BCUT2D eigenvalue weighted by atomic mass is 10.1. The Hall–Kier alpha value is -3.66. The second-order valence-electron chi connectivity index (χ2n) is 6.67. The molecule has 0 radical (unpaired) electrons. The van der Waals surface area contributed by atoms with Gasteiger partial charge in [-0.05, 0) is 30.7 Å². The van der Waals surface area contributed by atoms with E-state index in [0.29, 0.717) is 22.6 Å². The van der Waals surface area contributed by atoms with Gasteiger partial charge in [0.25, 0.3) is 12.3 Å². The molecule has 8 nitrogen and oxygen atoms in total. The number of nitrogens with zero attached hydrogens (tertiary/aromatic N) is 4. The van der Waals surface area contributed by atoms with Gasteiger partial charge in [-0.15, -0.1) is 0 Å². The van der Waals surface area contributed by atoms with Crippen molar-refractivity contribution in [2.75, 3.05) is 5.32 Å². The Bertz CT molecular complexity index is 1200. The van der Waals surface area contributed by atoms with E-state index in [9.17, 15) is 18.7 Å². The molecule has 3 aromatic heterocycles. The normalized spacial score (nSPS) is 12.4. The average molecular weight is 413 g/mol. The summed E-state index contributed by atoms with van der Waals surface area (Å²) in [6, 6.07) is 10.6. The van der Waals surface area contributed by atoms with E-state index in [1.54, 1.807) is 40.9 Å². The fourth-order valence-corrected chi connectivity index (χ4v) is 2.91. The lowest BCUT2D eigenvalue weighted by Gasteiger charge is -2.09. The van der Waals surface area contributed by atoms with Gasteiger partial charge in [0.15, 0.2) is 0 Å². The summed E-state index contributed by atoms with van der Waals surface area (Å²) in [5.74, 6) is -0.283. The van der Waals surface area contributed by atoms with E-state index in [1.165, 1.54) is 6.20 Å². The number of imidazole rings is 1.